The predicted molar refractivity (Wildman–Crippen MR) is 56.6 cm³/mol. The van der Waals surface area contributed by atoms with Gasteiger partial charge in [0.15, 0.2) is 0 Å². The number of nitriles is 1. The molecular weight excluding hydrogens is 176 g/mol. The molecule has 0 fully saturated rings. The first-order valence-corrected chi connectivity index (χ1v) is 4.45. The normalized spacial score (nSPS) is 9.29. The first-order valence-electron chi connectivity index (χ1n) is 4.45. The van der Waals surface area contributed by atoms with Gasteiger partial charge in [-0.25, -0.2) is 0 Å². The van der Waals surface area contributed by atoms with Crippen molar-refractivity contribution in [2.24, 2.45) is 0 Å². The number of anilines is 1. The maximum Gasteiger partial charge on any atom is 0.122 e. The fourth-order valence-electron chi connectivity index (χ4n) is 1.34. The van der Waals surface area contributed by atoms with E-state index in [4.69, 9.17) is 10.00 Å². The lowest BCUT2D eigenvalue weighted by Crippen LogP contribution is -2.02. The Hall–Kier alpha value is -1.69. The van der Waals surface area contributed by atoms with Gasteiger partial charge in [-0.2, -0.15) is 5.26 Å². The SMILES string of the molecule is COc1ccc(NCC#N)c(C)c1C. The zero-order valence-electron chi connectivity index (χ0n) is 8.72. The van der Waals surface area contributed by atoms with Crippen LogP contribution in [0.2, 0.25) is 0 Å². The minimum Gasteiger partial charge on any atom is -0.496 e. The summed E-state index contributed by atoms with van der Waals surface area (Å²) in [7, 11) is 1.66. The van der Waals surface area contributed by atoms with E-state index in [1.54, 1.807) is 7.11 Å². The Labute approximate surface area is 84.3 Å². The van der Waals surface area contributed by atoms with Gasteiger partial charge in [-0.3, -0.25) is 0 Å². The van der Waals surface area contributed by atoms with Gasteiger partial charge in [-0.05, 0) is 37.1 Å². The van der Waals surface area contributed by atoms with Crippen LogP contribution in [0.15, 0.2) is 12.1 Å². The largest absolute Gasteiger partial charge is 0.496 e. The Bertz CT molecular complexity index is 366. The molecule has 0 aromatic heterocycles. The zero-order valence-corrected chi connectivity index (χ0v) is 8.72. The van der Waals surface area contributed by atoms with Gasteiger partial charge in [0, 0.05) is 5.69 Å². The Morgan fingerprint density at radius 1 is 1.36 bits per heavy atom. The molecule has 0 aliphatic rings. The van der Waals surface area contributed by atoms with Gasteiger partial charge in [0.05, 0.1) is 13.2 Å². The Kier molecular flexibility index (Phi) is 3.35. The maximum atomic E-state index is 8.45. The molecule has 0 atom stereocenters. The van der Waals surface area contributed by atoms with Crippen LogP contribution in [-0.2, 0) is 0 Å². The molecule has 0 heterocycles. The Morgan fingerprint density at radius 3 is 2.64 bits per heavy atom. The van der Waals surface area contributed by atoms with Gasteiger partial charge >= 0.3 is 0 Å². The second kappa shape index (κ2) is 4.52. The summed E-state index contributed by atoms with van der Waals surface area (Å²) in [4.78, 5) is 0. The first-order chi connectivity index (χ1) is 6.70. The molecule has 0 bridgehead atoms. The maximum absolute atomic E-state index is 8.45. The van der Waals surface area contributed by atoms with Crippen molar-refractivity contribution >= 4 is 5.69 Å². The van der Waals surface area contributed by atoms with Crippen LogP contribution in [0.1, 0.15) is 11.1 Å². The van der Waals surface area contributed by atoms with Crippen molar-refractivity contribution in [1.82, 2.24) is 0 Å². The van der Waals surface area contributed by atoms with E-state index in [0.717, 1.165) is 22.6 Å². The number of nitrogens with one attached hydrogen (secondary N) is 1. The number of hydrogen-bond donors (Lipinski definition) is 1. The average molecular weight is 190 g/mol. The summed E-state index contributed by atoms with van der Waals surface area (Å²) < 4.78 is 5.19. The highest BCUT2D eigenvalue weighted by Gasteiger charge is 2.05. The second-order valence-corrected chi connectivity index (χ2v) is 3.08. The highest BCUT2D eigenvalue weighted by molar-refractivity contribution is 5.58. The van der Waals surface area contributed by atoms with Gasteiger partial charge < -0.3 is 10.1 Å². The van der Waals surface area contributed by atoms with Crippen LogP contribution in [0.5, 0.6) is 5.75 Å². The molecule has 14 heavy (non-hydrogen) atoms. The summed E-state index contributed by atoms with van der Waals surface area (Å²) in [5, 5.41) is 11.5. The molecule has 0 saturated carbocycles. The molecule has 74 valence electrons. The van der Waals surface area contributed by atoms with Crippen molar-refractivity contribution in [3.8, 4) is 11.8 Å². The van der Waals surface area contributed by atoms with Gasteiger partial charge in [-0.1, -0.05) is 0 Å². The van der Waals surface area contributed by atoms with Gasteiger partial charge in [0.25, 0.3) is 0 Å². The summed E-state index contributed by atoms with van der Waals surface area (Å²) >= 11 is 0. The summed E-state index contributed by atoms with van der Waals surface area (Å²) in [5.74, 6) is 0.880. The molecule has 0 unspecified atom stereocenters. The van der Waals surface area contributed by atoms with Crippen LogP contribution in [0.25, 0.3) is 0 Å². The number of nitrogens with zero attached hydrogens (tertiary/aromatic N) is 1. The summed E-state index contributed by atoms with van der Waals surface area (Å²) in [5.41, 5.74) is 3.22. The summed E-state index contributed by atoms with van der Waals surface area (Å²) in [6, 6.07) is 5.88. The van der Waals surface area contributed by atoms with E-state index in [2.05, 4.69) is 5.32 Å². The lowest BCUT2D eigenvalue weighted by molar-refractivity contribution is 0.411. The molecule has 0 aliphatic carbocycles. The molecule has 1 aromatic rings. The molecular formula is C11H14N2O. The molecule has 3 nitrogen and oxygen atoms in total. The van der Waals surface area contributed by atoms with Gasteiger partial charge in [0.2, 0.25) is 0 Å². The van der Waals surface area contributed by atoms with E-state index in [0.29, 0.717) is 6.54 Å². The quantitative estimate of drug-likeness (QED) is 0.743. The molecule has 1 aromatic carbocycles. The van der Waals surface area contributed by atoms with E-state index < -0.39 is 0 Å². The number of benzene rings is 1. The summed E-state index contributed by atoms with van der Waals surface area (Å²) in [6.07, 6.45) is 0. The van der Waals surface area contributed by atoms with Crippen molar-refractivity contribution in [2.75, 3.05) is 19.0 Å². The van der Waals surface area contributed by atoms with E-state index in [-0.39, 0.29) is 0 Å². The monoisotopic (exact) mass is 190 g/mol. The van der Waals surface area contributed by atoms with Gasteiger partial charge in [0.1, 0.15) is 12.3 Å². The van der Waals surface area contributed by atoms with Crippen molar-refractivity contribution < 1.29 is 4.74 Å². The molecule has 0 saturated heterocycles. The van der Waals surface area contributed by atoms with Crippen molar-refractivity contribution in [3.63, 3.8) is 0 Å². The van der Waals surface area contributed by atoms with Crippen LogP contribution in [0.4, 0.5) is 5.69 Å². The van der Waals surface area contributed by atoms with Gasteiger partial charge in [-0.15, -0.1) is 0 Å². The van der Waals surface area contributed by atoms with E-state index in [1.807, 2.05) is 32.0 Å². The van der Waals surface area contributed by atoms with E-state index in [9.17, 15) is 0 Å². The third-order valence-electron chi connectivity index (χ3n) is 2.32. The topological polar surface area (TPSA) is 45.0 Å². The second-order valence-electron chi connectivity index (χ2n) is 3.08. The van der Waals surface area contributed by atoms with Crippen LogP contribution in [0, 0.1) is 25.2 Å². The highest BCUT2D eigenvalue weighted by Crippen LogP contribution is 2.26. The number of hydrogen-bond acceptors (Lipinski definition) is 3. The number of ether oxygens (including phenoxy) is 1. The Balaban J connectivity index is 2.99. The number of methoxy groups -OCH3 is 1. The molecule has 3 heteroatoms. The summed E-state index contributed by atoms with van der Waals surface area (Å²) in [6.45, 7) is 4.34. The van der Waals surface area contributed by atoms with Crippen LogP contribution in [-0.4, -0.2) is 13.7 Å². The van der Waals surface area contributed by atoms with Crippen molar-refractivity contribution in [1.29, 1.82) is 5.26 Å². The van der Waals surface area contributed by atoms with E-state index in [1.165, 1.54) is 0 Å². The number of rotatable bonds is 3. The third-order valence-corrected chi connectivity index (χ3v) is 2.32. The third kappa shape index (κ3) is 1.97. The minimum atomic E-state index is 0.326. The molecule has 0 spiro atoms. The standard InChI is InChI=1S/C11H14N2O/c1-8-9(2)11(14-3)5-4-10(8)13-7-6-12/h4-5,13H,7H2,1-3H3. The van der Waals surface area contributed by atoms with Crippen LogP contribution >= 0.6 is 0 Å². The smallest absolute Gasteiger partial charge is 0.122 e. The van der Waals surface area contributed by atoms with Crippen LogP contribution in [0.3, 0.4) is 0 Å². The molecule has 0 radical (unpaired) electrons. The fraction of sp³-hybridized carbons (Fsp3) is 0.364. The average Bonchev–Trinajstić information content (AvgIpc) is 2.20. The highest BCUT2D eigenvalue weighted by atomic mass is 16.5. The zero-order chi connectivity index (χ0) is 10.6. The molecule has 1 rings (SSSR count). The fourth-order valence-corrected chi connectivity index (χ4v) is 1.34. The van der Waals surface area contributed by atoms with Crippen molar-refractivity contribution in [2.45, 2.75) is 13.8 Å². The molecule has 0 aliphatic heterocycles. The first kappa shape index (κ1) is 10.4. The predicted octanol–water partition coefficient (Wildman–Crippen LogP) is 2.25. The van der Waals surface area contributed by atoms with E-state index >= 15 is 0 Å². The lowest BCUT2D eigenvalue weighted by atomic mass is 10.1. The van der Waals surface area contributed by atoms with Crippen molar-refractivity contribution in [3.05, 3.63) is 23.3 Å². The Morgan fingerprint density at radius 2 is 2.07 bits per heavy atom. The molecule has 1 N–H and O–H groups in total. The van der Waals surface area contributed by atoms with Crippen LogP contribution < -0.4 is 10.1 Å². The lowest BCUT2D eigenvalue weighted by Gasteiger charge is -2.12. The minimum absolute atomic E-state index is 0.326. The molecule has 0 amide bonds.